The molecule has 7 rings (SSSR count). The van der Waals surface area contributed by atoms with Crippen LogP contribution in [0.25, 0.3) is 10.9 Å². The van der Waals surface area contributed by atoms with E-state index < -0.39 is 38.5 Å². The highest BCUT2D eigenvalue weighted by atomic mass is 32.1. The van der Waals surface area contributed by atoms with Gasteiger partial charge in [0.05, 0.1) is 30.7 Å². The van der Waals surface area contributed by atoms with Crippen molar-refractivity contribution in [2.75, 3.05) is 32.9 Å². The van der Waals surface area contributed by atoms with Crippen LogP contribution in [-0.2, 0) is 10.8 Å². The maximum Gasteiger partial charge on any atom is 0.282 e. The van der Waals surface area contributed by atoms with Crippen LogP contribution < -0.4 is 15.1 Å². The summed E-state index contributed by atoms with van der Waals surface area (Å²) in [5.41, 5.74) is 3.08. The molecule has 2 aliphatic rings. The zero-order chi connectivity index (χ0) is 37.4. The molecule has 4 atom stereocenters. The Morgan fingerprint density at radius 2 is 1.58 bits per heavy atom. The summed E-state index contributed by atoms with van der Waals surface area (Å²) < 4.78 is 59.7. The summed E-state index contributed by atoms with van der Waals surface area (Å²) in [6.45, 7) is 10.4. The van der Waals surface area contributed by atoms with E-state index in [0.29, 0.717) is 37.2 Å². The first-order valence-corrected chi connectivity index (χ1v) is 21.5. The number of para-hydroxylation sites is 1. The van der Waals surface area contributed by atoms with Gasteiger partial charge in [-0.15, -0.1) is 0 Å². The highest BCUT2D eigenvalue weighted by Gasteiger charge is 2.52. The van der Waals surface area contributed by atoms with Crippen molar-refractivity contribution < 1.29 is 22.3 Å². The number of H-pyrrole nitrogens is 1. The van der Waals surface area contributed by atoms with E-state index in [4.69, 9.17) is 9.16 Å². The van der Waals surface area contributed by atoms with E-state index in [-0.39, 0.29) is 18.8 Å². The number of nitrogens with zero attached hydrogens (tertiary/aromatic N) is 3. The van der Waals surface area contributed by atoms with Gasteiger partial charge in [0.2, 0.25) is 0 Å². The Morgan fingerprint density at radius 3 is 2.25 bits per heavy atom. The average Bonchev–Trinajstić information content (AvgIpc) is 3.85. The van der Waals surface area contributed by atoms with Crippen LogP contribution in [0.4, 0.5) is 13.2 Å². The van der Waals surface area contributed by atoms with Crippen LogP contribution in [-0.4, -0.2) is 85.1 Å². The summed E-state index contributed by atoms with van der Waals surface area (Å²) in [6.07, 6.45) is 3.71. The van der Waals surface area contributed by atoms with Gasteiger partial charge in [-0.1, -0.05) is 111 Å². The normalized spacial score (nSPS) is 21.7. The van der Waals surface area contributed by atoms with Crippen LogP contribution in [0.5, 0.6) is 5.19 Å². The van der Waals surface area contributed by atoms with Crippen LogP contribution in [0.1, 0.15) is 69.6 Å². The fourth-order valence-corrected chi connectivity index (χ4v) is 14.2. The molecule has 0 unspecified atom stereocenters. The summed E-state index contributed by atoms with van der Waals surface area (Å²) in [5.74, 6) is -3.17. The molecular weight excluding hydrogens is 710 g/mol. The number of aromatic amines is 1. The van der Waals surface area contributed by atoms with Crippen molar-refractivity contribution in [2.45, 2.75) is 89.1 Å². The van der Waals surface area contributed by atoms with E-state index in [1.807, 2.05) is 90.7 Å². The Kier molecular flexibility index (Phi) is 10.9. The largest absolute Gasteiger partial charge is 0.465 e. The van der Waals surface area contributed by atoms with Crippen LogP contribution >= 0.6 is 11.3 Å². The minimum Gasteiger partial charge on any atom is -0.465 e. The molecule has 6 nitrogen and oxygen atoms in total. The van der Waals surface area contributed by atoms with Crippen molar-refractivity contribution in [1.29, 1.82) is 0 Å². The lowest BCUT2D eigenvalue weighted by Crippen LogP contribution is -2.67. The zero-order valence-corrected chi connectivity index (χ0v) is 33.1. The highest BCUT2D eigenvalue weighted by molar-refractivity contribution is 7.13. The van der Waals surface area contributed by atoms with Gasteiger partial charge in [0.25, 0.3) is 19.4 Å². The number of aromatic nitrogens is 2. The Hall–Kier alpha value is -3.48. The molecule has 0 aliphatic carbocycles. The van der Waals surface area contributed by atoms with E-state index in [1.165, 1.54) is 11.3 Å². The van der Waals surface area contributed by atoms with Crippen LogP contribution in [0, 0.1) is 0 Å². The number of rotatable bonds is 13. The number of hydrogen-bond acceptors (Lipinski definition) is 6. The fourth-order valence-electron chi connectivity index (χ4n) is 8.65. The maximum atomic E-state index is 16.8. The summed E-state index contributed by atoms with van der Waals surface area (Å²) in [5, 5.41) is 3.17. The lowest BCUT2D eigenvalue weighted by atomic mass is 9.91. The summed E-state index contributed by atoms with van der Waals surface area (Å²) in [7, 11) is -3.19. The predicted molar refractivity (Wildman–Crippen MR) is 211 cm³/mol. The molecule has 282 valence electrons. The topological polar surface area (TPSA) is 53.6 Å². The molecule has 1 saturated heterocycles. The van der Waals surface area contributed by atoms with Gasteiger partial charge < -0.3 is 14.1 Å². The number of fused-ring (bicyclic) bond motifs is 3. The molecule has 1 fully saturated rings. The maximum absolute atomic E-state index is 16.8. The second kappa shape index (κ2) is 15.3. The third-order valence-electron chi connectivity index (χ3n) is 11.1. The summed E-state index contributed by atoms with van der Waals surface area (Å²) >= 11 is 1.42. The van der Waals surface area contributed by atoms with Crippen molar-refractivity contribution in [3.8, 4) is 5.19 Å². The fraction of sp³-hybridized carbons (Fsp3) is 0.452. The Labute approximate surface area is 316 Å². The van der Waals surface area contributed by atoms with Gasteiger partial charge in [-0.3, -0.25) is 14.2 Å². The molecule has 4 heterocycles. The summed E-state index contributed by atoms with van der Waals surface area (Å²) in [6, 6.07) is 27.7. The van der Waals surface area contributed by atoms with Gasteiger partial charge in [0.15, 0.2) is 0 Å². The first-order chi connectivity index (χ1) is 25.4. The number of hydrogen-bond donors (Lipinski definition) is 1. The van der Waals surface area contributed by atoms with Gasteiger partial charge in [-0.25, -0.2) is 13.8 Å². The molecule has 0 radical (unpaired) electrons. The standard InChI is InChI=1S/C42H51F3N4O2SSi/c1-29-23-31(26-48(29)22-14-21-43)51-40-46-25-37(52-40)39-38-35(34-19-12-13-20-36(34)47-38)24-30(2)49(39)27-42(44,45)28-50-53(41(3,4)5,32-15-8-6-9-16-32)33-17-10-7-11-18-33/h6-13,15-20,25,29-31,39,47H,14,21-24,26-28H2,1-5H3/t29-,30-,31-,39-/m1/s1. The highest BCUT2D eigenvalue weighted by Crippen LogP contribution is 2.45. The van der Waals surface area contributed by atoms with Gasteiger partial charge in [-0.2, -0.15) is 0 Å². The van der Waals surface area contributed by atoms with Crippen LogP contribution in [0.2, 0.25) is 5.04 Å². The molecule has 5 aromatic rings. The first-order valence-electron chi connectivity index (χ1n) is 18.8. The molecule has 2 aliphatic heterocycles. The molecule has 1 N–H and O–H groups in total. The SMILES string of the molecule is C[C@@H]1C[C@@H](Oc2ncc([C@@H]3c4[nH]c5ccccc5c4C[C@@H](C)N3CC(F)(F)CO[Si](c3ccccc3)(c3ccccc3)C(C)(C)C)s2)CN1CCCF. The lowest BCUT2D eigenvalue weighted by Gasteiger charge is -2.45. The van der Waals surface area contributed by atoms with Crippen LogP contribution in [0.15, 0.2) is 91.1 Å². The average molecular weight is 761 g/mol. The quantitative estimate of drug-likeness (QED) is 0.122. The molecule has 11 heteroatoms. The minimum absolute atomic E-state index is 0.0587. The third-order valence-corrected chi connectivity index (χ3v) is 17.1. The molecular formula is C42H51F3N4O2SSi. The van der Waals surface area contributed by atoms with E-state index in [0.717, 1.165) is 43.8 Å². The van der Waals surface area contributed by atoms with Crippen molar-refractivity contribution >= 4 is 40.9 Å². The molecule has 0 saturated carbocycles. The molecule has 0 amide bonds. The monoisotopic (exact) mass is 760 g/mol. The molecule has 0 bridgehead atoms. The van der Waals surface area contributed by atoms with E-state index in [1.54, 1.807) is 6.20 Å². The van der Waals surface area contributed by atoms with Gasteiger partial charge >= 0.3 is 0 Å². The van der Waals surface area contributed by atoms with E-state index >= 15 is 8.78 Å². The van der Waals surface area contributed by atoms with Gasteiger partial charge in [0.1, 0.15) is 6.10 Å². The number of ether oxygens (including phenoxy) is 1. The number of alkyl halides is 3. The number of likely N-dealkylation sites (tertiary alicyclic amines) is 1. The first kappa shape index (κ1) is 37.8. The molecule has 3 aromatic carbocycles. The predicted octanol–water partition coefficient (Wildman–Crippen LogP) is 8.37. The molecule has 53 heavy (non-hydrogen) atoms. The van der Waals surface area contributed by atoms with E-state index in [9.17, 15) is 4.39 Å². The van der Waals surface area contributed by atoms with Crippen molar-refractivity contribution in [2.24, 2.45) is 0 Å². The van der Waals surface area contributed by atoms with Crippen molar-refractivity contribution in [3.63, 3.8) is 0 Å². The molecule has 0 spiro atoms. The number of halogens is 3. The third kappa shape index (κ3) is 7.60. The van der Waals surface area contributed by atoms with Crippen LogP contribution in [0.3, 0.4) is 0 Å². The Morgan fingerprint density at radius 1 is 0.925 bits per heavy atom. The second-order valence-corrected chi connectivity index (χ2v) is 21.2. The Balaban J connectivity index is 1.19. The summed E-state index contributed by atoms with van der Waals surface area (Å²) in [4.78, 5) is 13.3. The zero-order valence-electron chi connectivity index (χ0n) is 31.3. The van der Waals surface area contributed by atoms with Gasteiger partial charge in [-0.05, 0) is 53.7 Å². The van der Waals surface area contributed by atoms with Gasteiger partial charge in [0, 0.05) is 54.4 Å². The second-order valence-electron chi connectivity index (χ2n) is 15.9. The number of benzene rings is 3. The van der Waals surface area contributed by atoms with Crippen molar-refractivity contribution in [1.82, 2.24) is 19.8 Å². The lowest BCUT2D eigenvalue weighted by molar-refractivity contribution is -0.0818. The minimum atomic E-state index is -3.19. The Bertz CT molecular complexity index is 1930. The number of thiazole rings is 1. The van der Waals surface area contributed by atoms with Crippen molar-refractivity contribution in [3.05, 3.63) is 107 Å². The molecule has 2 aromatic heterocycles. The number of nitrogens with one attached hydrogen (secondary N) is 1. The smallest absolute Gasteiger partial charge is 0.282 e. The van der Waals surface area contributed by atoms with E-state index in [2.05, 4.69) is 48.6 Å².